The van der Waals surface area contributed by atoms with Crippen molar-refractivity contribution in [1.82, 2.24) is 5.32 Å². The zero-order valence-electron chi connectivity index (χ0n) is 5.72. The molecule has 1 aliphatic heterocycles. The van der Waals surface area contributed by atoms with Crippen LogP contribution in [0.4, 0.5) is 0 Å². The first kappa shape index (κ1) is 7.05. The first-order valence-electron chi connectivity index (χ1n) is 3.15. The number of hydrogen-bond acceptors (Lipinski definition) is 3. The molecule has 1 aliphatic rings. The molecule has 1 rings (SSSR count). The third-order valence-electron chi connectivity index (χ3n) is 1.26. The van der Waals surface area contributed by atoms with Gasteiger partial charge >= 0.3 is 5.97 Å². The number of carbonyl (C=O) groups is 2. The number of amides is 1. The molecule has 1 N–H and O–H groups in total. The Morgan fingerprint density at radius 3 is 2.90 bits per heavy atom. The van der Waals surface area contributed by atoms with Gasteiger partial charge in [0.15, 0.2) is 6.23 Å². The van der Waals surface area contributed by atoms with E-state index < -0.39 is 0 Å². The molecule has 0 bridgehead atoms. The number of nitrogens with one attached hydrogen (secondary N) is 1. The Kier molecular flexibility index (Phi) is 1.89. The van der Waals surface area contributed by atoms with Crippen LogP contribution in [0.3, 0.4) is 0 Å². The molecule has 0 spiro atoms. The van der Waals surface area contributed by atoms with Crippen LogP contribution in [0.15, 0.2) is 0 Å². The molecule has 1 atom stereocenters. The monoisotopic (exact) mass is 143 g/mol. The highest BCUT2D eigenvalue weighted by atomic mass is 16.6. The third kappa shape index (κ3) is 1.72. The minimum Gasteiger partial charge on any atom is -0.442 e. The molecule has 0 aromatic heterocycles. The highest BCUT2D eigenvalue weighted by molar-refractivity contribution is 5.78. The second-order valence-corrected chi connectivity index (χ2v) is 2.20. The zero-order chi connectivity index (χ0) is 7.56. The number of carbonyl (C=O) groups excluding carboxylic acids is 2. The fourth-order valence-corrected chi connectivity index (χ4v) is 0.875. The molecule has 0 aliphatic carbocycles. The summed E-state index contributed by atoms with van der Waals surface area (Å²) in [4.78, 5) is 20.9. The topological polar surface area (TPSA) is 55.4 Å². The molecule has 1 amide bonds. The molecule has 0 radical (unpaired) electrons. The van der Waals surface area contributed by atoms with E-state index in [0.29, 0.717) is 12.8 Å². The summed E-state index contributed by atoms with van der Waals surface area (Å²) in [6.07, 6.45) is 0.668. The second-order valence-electron chi connectivity index (χ2n) is 2.20. The molecule has 4 nitrogen and oxygen atoms in total. The van der Waals surface area contributed by atoms with Crippen LogP contribution in [0.25, 0.3) is 0 Å². The molecule has 0 unspecified atom stereocenters. The second kappa shape index (κ2) is 2.68. The maximum absolute atomic E-state index is 10.5. The van der Waals surface area contributed by atoms with E-state index in [4.69, 9.17) is 4.74 Å². The molecular formula is C6H9NO3. The van der Waals surface area contributed by atoms with Crippen LogP contribution in [0.2, 0.25) is 0 Å². The SMILES string of the molecule is CC(=O)O[C@@H]1CCC(=O)N1. The molecule has 4 heteroatoms. The summed E-state index contributed by atoms with van der Waals surface area (Å²) in [7, 11) is 0. The smallest absolute Gasteiger partial charge is 0.304 e. The average Bonchev–Trinajstić information content (AvgIpc) is 2.13. The van der Waals surface area contributed by atoms with Crippen LogP contribution in [0.5, 0.6) is 0 Å². The molecule has 1 saturated heterocycles. The van der Waals surface area contributed by atoms with Crippen LogP contribution < -0.4 is 5.32 Å². The van der Waals surface area contributed by atoms with Crippen molar-refractivity contribution < 1.29 is 14.3 Å². The quantitative estimate of drug-likeness (QED) is 0.516. The zero-order valence-corrected chi connectivity index (χ0v) is 5.72. The van der Waals surface area contributed by atoms with Crippen molar-refractivity contribution in [1.29, 1.82) is 0 Å². The van der Waals surface area contributed by atoms with E-state index >= 15 is 0 Å². The van der Waals surface area contributed by atoms with E-state index in [0.717, 1.165) is 0 Å². The maximum atomic E-state index is 10.5. The van der Waals surface area contributed by atoms with Gasteiger partial charge in [0.1, 0.15) is 0 Å². The van der Waals surface area contributed by atoms with Crippen LogP contribution in [-0.2, 0) is 14.3 Å². The molecular weight excluding hydrogens is 134 g/mol. The van der Waals surface area contributed by atoms with Gasteiger partial charge in [-0.1, -0.05) is 0 Å². The lowest BCUT2D eigenvalue weighted by Crippen LogP contribution is -2.29. The van der Waals surface area contributed by atoms with Gasteiger partial charge in [-0.25, -0.2) is 0 Å². The van der Waals surface area contributed by atoms with Crippen molar-refractivity contribution in [3.8, 4) is 0 Å². The van der Waals surface area contributed by atoms with Crippen molar-refractivity contribution in [2.24, 2.45) is 0 Å². The Bertz CT molecular complexity index is 166. The number of hydrogen-bond donors (Lipinski definition) is 1. The summed E-state index contributed by atoms with van der Waals surface area (Å²) in [5, 5.41) is 2.50. The van der Waals surface area contributed by atoms with Crippen LogP contribution in [-0.4, -0.2) is 18.1 Å². The van der Waals surface area contributed by atoms with E-state index in [1.165, 1.54) is 6.92 Å². The molecule has 1 fully saturated rings. The average molecular weight is 143 g/mol. The Labute approximate surface area is 58.5 Å². The van der Waals surface area contributed by atoms with E-state index in [-0.39, 0.29) is 18.1 Å². The summed E-state index contributed by atoms with van der Waals surface area (Å²) in [6, 6.07) is 0. The van der Waals surface area contributed by atoms with E-state index in [1.54, 1.807) is 0 Å². The largest absolute Gasteiger partial charge is 0.442 e. The Hall–Kier alpha value is -1.06. The van der Waals surface area contributed by atoms with Gasteiger partial charge in [-0.2, -0.15) is 0 Å². The summed E-state index contributed by atoms with van der Waals surface area (Å²) in [5.41, 5.74) is 0. The van der Waals surface area contributed by atoms with E-state index in [9.17, 15) is 9.59 Å². The van der Waals surface area contributed by atoms with Gasteiger partial charge in [0, 0.05) is 19.8 Å². The highest BCUT2D eigenvalue weighted by Gasteiger charge is 2.22. The predicted molar refractivity (Wildman–Crippen MR) is 32.9 cm³/mol. The third-order valence-corrected chi connectivity index (χ3v) is 1.26. The van der Waals surface area contributed by atoms with Gasteiger partial charge in [0.2, 0.25) is 5.91 Å². The molecule has 0 aromatic carbocycles. The molecule has 1 heterocycles. The predicted octanol–water partition coefficient (Wildman–Crippen LogP) is -0.214. The summed E-state index contributed by atoms with van der Waals surface area (Å²) in [6.45, 7) is 1.32. The lowest BCUT2D eigenvalue weighted by atomic mass is 10.3. The summed E-state index contributed by atoms with van der Waals surface area (Å²) < 4.78 is 4.71. The first-order valence-corrected chi connectivity index (χ1v) is 3.15. The van der Waals surface area contributed by atoms with Crippen LogP contribution in [0, 0.1) is 0 Å². The highest BCUT2D eigenvalue weighted by Crippen LogP contribution is 2.07. The minimum atomic E-state index is -0.384. The van der Waals surface area contributed by atoms with Crippen molar-refractivity contribution in [2.45, 2.75) is 26.0 Å². The van der Waals surface area contributed by atoms with Gasteiger partial charge in [-0.3, -0.25) is 9.59 Å². The molecule has 56 valence electrons. The van der Waals surface area contributed by atoms with Gasteiger partial charge in [0.05, 0.1) is 0 Å². The molecule has 0 aromatic rings. The first-order chi connectivity index (χ1) is 4.68. The number of rotatable bonds is 1. The maximum Gasteiger partial charge on any atom is 0.304 e. The molecule has 10 heavy (non-hydrogen) atoms. The Morgan fingerprint density at radius 1 is 1.80 bits per heavy atom. The fraction of sp³-hybridized carbons (Fsp3) is 0.667. The van der Waals surface area contributed by atoms with Crippen molar-refractivity contribution in [2.75, 3.05) is 0 Å². The normalized spacial score (nSPS) is 24.1. The Balaban J connectivity index is 2.31. The standard InChI is InChI=1S/C6H9NO3/c1-4(8)10-6-3-2-5(9)7-6/h6H,2-3H2,1H3,(H,7,9)/t6-/m1/s1. The number of ether oxygens (including phenoxy) is 1. The summed E-state index contributed by atoms with van der Waals surface area (Å²) >= 11 is 0. The van der Waals surface area contributed by atoms with Gasteiger partial charge in [0.25, 0.3) is 0 Å². The minimum absolute atomic E-state index is 0.0498. The van der Waals surface area contributed by atoms with Crippen molar-refractivity contribution in [3.05, 3.63) is 0 Å². The van der Waals surface area contributed by atoms with Gasteiger partial charge < -0.3 is 10.1 Å². The van der Waals surface area contributed by atoms with Crippen LogP contribution >= 0.6 is 0 Å². The summed E-state index contributed by atoms with van der Waals surface area (Å²) in [5.74, 6) is -0.404. The molecule has 0 saturated carbocycles. The van der Waals surface area contributed by atoms with E-state index in [1.807, 2.05) is 0 Å². The van der Waals surface area contributed by atoms with Crippen molar-refractivity contribution >= 4 is 11.9 Å². The van der Waals surface area contributed by atoms with Gasteiger partial charge in [-0.05, 0) is 0 Å². The Morgan fingerprint density at radius 2 is 2.50 bits per heavy atom. The van der Waals surface area contributed by atoms with Crippen molar-refractivity contribution in [3.63, 3.8) is 0 Å². The lowest BCUT2D eigenvalue weighted by molar-refractivity contribution is -0.147. The fourth-order valence-electron chi connectivity index (χ4n) is 0.875. The number of esters is 1. The van der Waals surface area contributed by atoms with Gasteiger partial charge in [-0.15, -0.1) is 0 Å². The van der Waals surface area contributed by atoms with Crippen LogP contribution in [0.1, 0.15) is 19.8 Å². The lowest BCUT2D eigenvalue weighted by Gasteiger charge is -2.08. The van der Waals surface area contributed by atoms with E-state index in [2.05, 4.69) is 5.32 Å².